The summed E-state index contributed by atoms with van der Waals surface area (Å²) in [5.41, 5.74) is 6.50. The van der Waals surface area contributed by atoms with Gasteiger partial charge in [-0.25, -0.2) is 0 Å². The maximum absolute atomic E-state index is 5.65. The molecule has 2 N–H and O–H groups in total. The highest BCUT2D eigenvalue weighted by molar-refractivity contribution is 7.99. The lowest BCUT2D eigenvalue weighted by Crippen LogP contribution is -2.20. The van der Waals surface area contributed by atoms with Gasteiger partial charge in [-0.3, -0.25) is 0 Å². The van der Waals surface area contributed by atoms with Gasteiger partial charge in [-0.15, -0.1) is 11.8 Å². The summed E-state index contributed by atoms with van der Waals surface area (Å²) >= 11 is 1.93. The minimum Gasteiger partial charge on any atom is -0.399 e. The van der Waals surface area contributed by atoms with Crippen molar-refractivity contribution in [3.63, 3.8) is 0 Å². The molecule has 0 aliphatic carbocycles. The van der Waals surface area contributed by atoms with E-state index in [1.54, 1.807) is 0 Å². The molecule has 0 spiro atoms. The van der Waals surface area contributed by atoms with Crippen molar-refractivity contribution in [1.82, 2.24) is 4.90 Å². The molecule has 0 saturated carbocycles. The molecule has 0 bridgehead atoms. The third-order valence-electron chi connectivity index (χ3n) is 2.97. The van der Waals surface area contributed by atoms with E-state index in [4.69, 9.17) is 5.73 Å². The SMILES string of the molecule is Nc1ccc(SCCCN2CCCC2)cc1. The number of hydrogen-bond donors (Lipinski definition) is 1. The largest absolute Gasteiger partial charge is 0.399 e. The van der Waals surface area contributed by atoms with Crippen LogP contribution in [0.1, 0.15) is 19.3 Å². The molecule has 0 atom stereocenters. The van der Waals surface area contributed by atoms with Crippen molar-refractivity contribution >= 4 is 17.4 Å². The lowest BCUT2D eigenvalue weighted by molar-refractivity contribution is 0.341. The van der Waals surface area contributed by atoms with Crippen molar-refractivity contribution in [2.45, 2.75) is 24.2 Å². The third kappa shape index (κ3) is 3.72. The lowest BCUT2D eigenvalue weighted by atomic mass is 10.3. The van der Waals surface area contributed by atoms with Crippen LogP contribution in [0.3, 0.4) is 0 Å². The summed E-state index contributed by atoms with van der Waals surface area (Å²) in [6, 6.07) is 8.16. The highest BCUT2D eigenvalue weighted by atomic mass is 32.2. The molecule has 88 valence electrons. The summed E-state index contributed by atoms with van der Waals surface area (Å²) in [4.78, 5) is 3.90. The second-order valence-corrected chi connectivity index (χ2v) is 5.49. The molecule has 2 rings (SSSR count). The quantitative estimate of drug-likeness (QED) is 0.484. The van der Waals surface area contributed by atoms with Crippen LogP contribution in [-0.2, 0) is 0 Å². The van der Waals surface area contributed by atoms with Crippen LogP contribution in [0.2, 0.25) is 0 Å². The standard InChI is InChI=1S/C13H20N2S/c14-12-4-6-13(7-5-12)16-11-3-10-15-8-1-2-9-15/h4-7H,1-3,8-11,14H2. The molecule has 1 aromatic carbocycles. The Morgan fingerprint density at radius 2 is 1.81 bits per heavy atom. The fourth-order valence-electron chi connectivity index (χ4n) is 2.05. The summed E-state index contributed by atoms with van der Waals surface area (Å²) in [5, 5.41) is 0. The first-order valence-electron chi connectivity index (χ1n) is 6.05. The molecule has 1 fully saturated rings. The van der Waals surface area contributed by atoms with Gasteiger partial charge in [0.2, 0.25) is 0 Å². The van der Waals surface area contributed by atoms with Crippen LogP contribution in [0.4, 0.5) is 5.69 Å². The van der Waals surface area contributed by atoms with Crippen molar-refractivity contribution in [2.24, 2.45) is 0 Å². The molecule has 1 aromatic rings. The number of nitrogens with zero attached hydrogens (tertiary/aromatic N) is 1. The topological polar surface area (TPSA) is 29.3 Å². The van der Waals surface area contributed by atoms with Gasteiger partial charge in [-0.1, -0.05) is 0 Å². The van der Waals surface area contributed by atoms with Crippen molar-refractivity contribution in [1.29, 1.82) is 0 Å². The maximum atomic E-state index is 5.65. The number of nitrogen functional groups attached to an aromatic ring is 1. The Morgan fingerprint density at radius 3 is 2.50 bits per heavy atom. The molecule has 3 heteroatoms. The average molecular weight is 236 g/mol. The van der Waals surface area contributed by atoms with Gasteiger partial charge < -0.3 is 10.6 Å². The summed E-state index contributed by atoms with van der Waals surface area (Å²) in [5.74, 6) is 1.21. The van der Waals surface area contributed by atoms with Gasteiger partial charge in [-0.05, 0) is 68.9 Å². The van der Waals surface area contributed by atoms with Crippen molar-refractivity contribution in [3.8, 4) is 0 Å². The van der Waals surface area contributed by atoms with E-state index < -0.39 is 0 Å². The zero-order valence-electron chi connectivity index (χ0n) is 9.69. The van der Waals surface area contributed by atoms with Gasteiger partial charge in [0.15, 0.2) is 0 Å². The van der Waals surface area contributed by atoms with Crippen LogP contribution in [0, 0.1) is 0 Å². The normalized spacial score (nSPS) is 16.8. The van der Waals surface area contributed by atoms with Gasteiger partial charge in [0.25, 0.3) is 0 Å². The monoisotopic (exact) mass is 236 g/mol. The molecular formula is C13H20N2S. The number of likely N-dealkylation sites (tertiary alicyclic amines) is 1. The molecular weight excluding hydrogens is 216 g/mol. The number of nitrogens with two attached hydrogens (primary N) is 1. The molecule has 16 heavy (non-hydrogen) atoms. The maximum Gasteiger partial charge on any atom is 0.0314 e. The van der Waals surface area contributed by atoms with E-state index in [0.717, 1.165) is 5.69 Å². The second-order valence-electron chi connectivity index (χ2n) is 4.32. The van der Waals surface area contributed by atoms with Gasteiger partial charge in [0.1, 0.15) is 0 Å². The minimum absolute atomic E-state index is 0.849. The number of thioether (sulfide) groups is 1. The van der Waals surface area contributed by atoms with Crippen LogP contribution in [-0.4, -0.2) is 30.3 Å². The molecule has 1 aliphatic rings. The Balaban J connectivity index is 1.62. The predicted molar refractivity (Wildman–Crippen MR) is 71.9 cm³/mol. The molecule has 0 unspecified atom stereocenters. The number of anilines is 1. The summed E-state index contributed by atoms with van der Waals surface area (Å²) in [7, 11) is 0. The first kappa shape index (κ1) is 11.8. The van der Waals surface area contributed by atoms with E-state index >= 15 is 0 Å². The predicted octanol–water partition coefficient (Wildman–Crippen LogP) is 2.85. The zero-order valence-corrected chi connectivity index (χ0v) is 10.5. The van der Waals surface area contributed by atoms with E-state index in [9.17, 15) is 0 Å². The summed E-state index contributed by atoms with van der Waals surface area (Å²) in [6.45, 7) is 3.89. The first-order chi connectivity index (χ1) is 7.84. The van der Waals surface area contributed by atoms with Gasteiger partial charge >= 0.3 is 0 Å². The van der Waals surface area contributed by atoms with E-state index in [1.807, 2.05) is 23.9 Å². The number of benzene rings is 1. The van der Waals surface area contributed by atoms with E-state index in [2.05, 4.69) is 17.0 Å². The molecule has 0 aromatic heterocycles. The van der Waals surface area contributed by atoms with Crippen LogP contribution < -0.4 is 5.73 Å². The Labute approximate surface area is 102 Å². The highest BCUT2D eigenvalue weighted by Gasteiger charge is 2.09. The molecule has 0 amide bonds. The van der Waals surface area contributed by atoms with Crippen LogP contribution >= 0.6 is 11.8 Å². The Hall–Kier alpha value is -0.670. The van der Waals surface area contributed by atoms with Gasteiger partial charge in [0, 0.05) is 10.6 Å². The third-order valence-corrected chi connectivity index (χ3v) is 4.06. The number of rotatable bonds is 5. The van der Waals surface area contributed by atoms with Crippen LogP contribution in [0.25, 0.3) is 0 Å². The molecule has 1 heterocycles. The van der Waals surface area contributed by atoms with Crippen LogP contribution in [0.5, 0.6) is 0 Å². The number of hydrogen-bond acceptors (Lipinski definition) is 3. The second kappa shape index (κ2) is 6.16. The van der Waals surface area contributed by atoms with Crippen molar-refractivity contribution in [2.75, 3.05) is 31.1 Å². The Kier molecular flexibility index (Phi) is 4.55. The van der Waals surface area contributed by atoms with E-state index in [0.29, 0.717) is 0 Å². The van der Waals surface area contributed by atoms with Crippen molar-refractivity contribution in [3.05, 3.63) is 24.3 Å². The molecule has 2 nitrogen and oxygen atoms in total. The molecule has 1 saturated heterocycles. The smallest absolute Gasteiger partial charge is 0.0314 e. The Morgan fingerprint density at radius 1 is 1.12 bits per heavy atom. The summed E-state index contributed by atoms with van der Waals surface area (Å²) in [6.07, 6.45) is 4.07. The van der Waals surface area contributed by atoms with Crippen LogP contribution in [0.15, 0.2) is 29.2 Å². The zero-order chi connectivity index (χ0) is 11.2. The van der Waals surface area contributed by atoms with Gasteiger partial charge in [0.05, 0.1) is 0 Å². The van der Waals surface area contributed by atoms with Crippen molar-refractivity contribution < 1.29 is 0 Å². The van der Waals surface area contributed by atoms with E-state index in [-0.39, 0.29) is 0 Å². The fourth-order valence-corrected chi connectivity index (χ4v) is 2.89. The Bertz CT molecular complexity index is 304. The lowest BCUT2D eigenvalue weighted by Gasteiger charge is -2.13. The first-order valence-corrected chi connectivity index (χ1v) is 7.04. The molecule has 0 radical (unpaired) electrons. The minimum atomic E-state index is 0.849. The fraction of sp³-hybridized carbons (Fsp3) is 0.538. The highest BCUT2D eigenvalue weighted by Crippen LogP contribution is 2.20. The van der Waals surface area contributed by atoms with Gasteiger partial charge in [-0.2, -0.15) is 0 Å². The van der Waals surface area contributed by atoms with E-state index in [1.165, 1.54) is 49.5 Å². The average Bonchev–Trinajstić information content (AvgIpc) is 2.80. The molecule has 1 aliphatic heterocycles. The summed E-state index contributed by atoms with van der Waals surface area (Å²) < 4.78 is 0.